The third-order valence-electron chi connectivity index (χ3n) is 2.82. The molecule has 0 unspecified atom stereocenters. The molecule has 2 aromatic rings. The summed E-state index contributed by atoms with van der Waals surface area (Å²) in [5.74, 6) is -0.890. The summed E-state index contributed by atoms with van der Waals surface area (Å²) in [7, 11) is 0. The fourth-order valence-corrected chi connectivity index (χ4v) is 1.88. The minimum atomic E-state index is -0.890. The van der Waals surface area contributed by atoms with Crippen molar-refractivity contribution in [2.45, 2.75) is 12.8 Å². The zero-order valence-corrected chi connectivity index (χ0v) is 10.5. The molecule has 2 aromatic carbocycles. The van der Waals surface area contributed by atoms with Gasteiger partial charge in [0.05, 0.1) is 5.56 Å². The maximum absolute atomic E-state index is 10.7. The van der Waals surface area contributed by atoms with Crippen LogP contribution in [0.2, 0.25) is 5.02 Å². The van der Waals surface area contributed by atoms with E-state index in [2.05, 4.69) is 0 Å². The Morgan fingerprint density at radius 1 is 0.889 bits per heavy atom. The molecule has 0 aromatic heterocycles. The van der Waals surface area contributed by atoms with E-state index in [1.165, 1.54) is 5.56 Å². The summed E-state index contributed by atoms with van der Waals surface area (Å²) in [6.45, 7) is 0. The van der Waals surface area contributed by atoms with E-state index in [0.717, 1.165) is 23.4 Å². The third kappa shape index (κ3) is 3.34. The molecule has 2 rings (SSSR count). The van der Waals surface area contributed by atoms with E-state index in [4.69, 9.17) is 16.7 Å². The molecule has 0 radical (unpaired) electrons. The summed E-state index contributed by atoms with van der Waals surface area (Å²) in [5.41, 5.74) is 2.68. The lowest BCUT2D eigenvalue weighted by molar-refractivity contribution is 0.0697. The molecule has 0 aliphatic rings. The second-order valence-electron chi connectivity index (χ2n) is 4.13. The van der Waals surface area contributed by atoms with E-state index < -0.39 is 5.97 Å². The highest BCUT2D eigenvalue weighted by molar-refractivity contribution is 6.30. The molecular formula is C15H13ClO2. The number of carboxylic acid groups (broad SMARTS) is 1. The molecule has 92 valence electrons. The van der Waals surface area contributed by atoms with Gasteiger partial charge in [0, 0.05) is 5.02 Å². The Hall–Kier alpha value is -1.80. The highest BCUT2D eigenvalue weighted by Crippen LogP contribution is 2.12. The topological polar surface area (TPSA) is 37.3 Å². The van der Waals surface area contributed by atoms with Gasteiger partial charge in [0.25, 0.3) is 0 Å². The van der Waals surface area contributed by atoms with Gasteiger partial charge in [0.1, 0.15) is 0 Å². The molecule has 0 amide bonds. The average Bonchev–Trinajstić information content (AvgIpc) is 2.38. The standard InChI is InChI=1S/C15H13ClO2/c16-14-9-5-12(6-10-14)2-1-11-3-7-13(8-4-11)15(17)18/h3-10H,1-2H2,(H,17,18). The van der Waals surface area contributed by atoms with E-state index >= 15 is 0 Å². The van der Waals surface area contributed by atoms with Crippen LogP contribution in [-0.4, -0.2) is 11.1 Å². The van der Waals surface area contributed by atoms with E-state index in [-0.39, 0.29) is 0 Å². The van der Waals surface area contributed by atoms with Gasteiger partial charge >= 0.3 is 5.97 Å². The number of rotatable bonds is 4. The summed E-state index contributed by atoms with van der Waals surface area (Å²) in [6.07, 6.45) is 1.81. The second-order valence-corrected chi connectivity index (χ2v) is 4.56. The molecule has 0 bridgehead atoms. The van der Waals surface area contributed by atoms with Crippen LogP contribution in [0.5, 0.6) is 0 Å². The highest BCUT2D eigenvalue weighted by atomic mass is 35.5. The zero-order chi connectivity index (χ0) is 13.0. The van der Waals surface area contributed by atoms with Crippen molar-refractivity contribution in [3.8, 4) is 0 Å². The van der Waals surface area contributed by atoms with E-state index in [0.29, 0.717) is 5.56 Å². The van der Waals surface area contributed by atoms with Gasteiger partial charge in [-0.05, 0) is 48.2 Å². The van der Waals surface area contributed by atoms with Gasteiger partial charge in [-0.25, -0.2) is 4.79 Å². The van der Waals surface area contributed by atoms with Gasteiger partial charge < -0.3 is 5.11 Å². The summed E-state index contributed by atoms with van der Waals surface area (Å²) in [6, 6.07) is 14.8. The highest BCUT2D eigenvalue weighted by Gasteiger charge is 2.02. The first-order valence-corrected chi connectivity index (χ1v) is 6.09. The Balaban J connectivity index is 1.97. The molecule has 0 aliphatic carbocycles. The number of carbonyl (C=O) groups is 1. The molecule has 2 nitrogen and oxygen atoms in total. The minimum absolute atomic E-state index is 0.324. The van der Waals surface area contributed by atoms with Crippen molar-refractivity contribution in [2.75, 3.05) is 0 Å². The number of hydrogen-bond donors (Lipinski definition) is 1. The van der Waals surface area contributed by atoms with Crippen LogP contribution in [0.15, 0.2) is 48.5 Å². The van der Waals surface area contributed by atoms with Crippen molar-refractivity contribution in [2.24, 2.45) is 0 Å². The molecule has 1 N–H and O–H groups in total. The smallest absolute Gasteiger partial charge is 0.335 e. The number of halogens is 1. The summed E-state index contributed by atoms with van der Waals surface area (Å²) < 4.78 is 0. The normalized spacial score (nSPS) is 10.3. The van der Waals surface area contributed by atoms with Gasteiger partial charge in [-0.1, -0.05) is 35.9 Å². The molecule has 0 heterocycles. The van der Waals surface area contributed by atoms with E-state index in [9.17, 15) is 4.79 Å². The second kappa shape index (κ2) is 5.69. The number of benzene rings is 2. The molecule has 0 fully saturated rings. The van der Waals surface area contributed by atoms with Gasteiger partial charge in [-0.2, -0.15) is 0 Å². The fraction of sp³-hybridized carbons (Fsp3) is 0.133. The van der Waals surface area contributed by atoms with Crippen molar-refractivity contribution >= 4 is 17.6 Å². The predicted molar refractivity (Wildman–Crippen MR) is 72.3 cm³/mol. The largest absolute Gasteiger partial charge is 0.478 e. The Morgan fingerprint density at radius 3 is 1.78 bits per heavy atom. The SMILES string of the molecule is O=C(O)c1ccc(CCc2ccc(Cl)cc2)cc1. The van der Waals surface area contributed by atoms with Crippen LogP contribution in [0.1, 0.15) is 21.5 Å². The number of aromatic carboxylic acids is 1. The van der Waals surface area contributed by atoms with Crippen LogP contribution in [-0.2, 0) is 12.8 Å². The molecule has 0 atom stereocenters. The number of hydrogen-bond acceptors (Lipinski definition) is 1. The van der Waals surface area contributed by atoms with Crippen molar-refractivity contribution in [3.63, 3.8) is 0 Å². The van der Waals surface area contributed by atoms with Gasteiger partial charge in [0.2, 0.25) is 0 Å². The third-order valence-corrected chi connectivity index (χ3v) is 3.07. The first kappa shape index (κ1) is 12.7. The maximum Gasteiger partial charge on any atom is 0.335 e. The van der Waals surface area contributed by atoms with Crippen molar-refractivity contribution in [1.29, 1.82) is 0 Å². The predicted octanol–water partition coefficient (Wildman–Crippen LogP) is 3.82. The van der Waals surface area contributed by atoms with Gasteiger partial charge in [-0.15, -0.1) is 0 Å². The van der Waals surface area contributed by atoms with Crippen LogP contribution in [0, 0.1) is 0 Å². The average molecular weight is 261 g/mol. The molecule has 0 spiro atoms. The molecule has 0 saturated heterocycles. The monoisotopic (exact) mass is 260 g/mol. The Morgan fingerprint density at radius 2 is 1.33 bits per heavy atom. The van der Waals surface area contributed by atoms with Crippen LogP contribution >= 0.6 is 11.6 Å². The summed E-state index contributed by atoms with van der Waals surface area (Å²) >= 11 is 5.82. The number of aryl methyl sites for hydroxylation is 2. The van der Waals surface area contributed by atoms with Crippen molar-refractivity contribution in [3.05, 3.63) is 70.2 Å². The fourth-order valence-electron chi connectivity index (χ4n) is 1.75. The van der Waals surface area contributed by atoms with E-state index in [1.54, 1.807) is 12.1 Å². The van der Waals surface area contributed by atoms with Crippen LogP contribution in [0.3, 0.4) is 0 Å². The maximum atomic E-state index is 10.7. The Kier molecular flexibility index (Phi) is 4.00. The Labute approximate surface area is 111 Å². The molecule has 18 heavy (non-hydrogen) atoms. The Bertz CT molecular complexity index is 529. The van der Waals surface area contributed by atoms with Crippen molar-refractivity contribution < 1.29 is 9.90 Å². The lowest BCUT2D eigenvalue weighted by Gasteiger charge is -2.03. The van der Waals surface area contributed by atoms with Crippen LogP contribution in [0.4, 0.5) is 0 Å². The summed E-state index contributed by atoms with van der Waals surface area (Å²) in [4.78, 5) is 10.7. The minimum Gasteiger partial charge on any atom is -0.478 e. The molecule has 0 saturated carbocycles. The van der Waals surface area contributed by atoms with Crippen LogP contribution < -0.4 is 0 Å². The first-order chi connectivity index (χ1) is 8.65. The molecule has 3 heteroatoms. The summed E-state index contributed by atoms with van der Waals surface area (Å²) in [5, 5.41) is 9.54. The van der Waals surface area contributed by atoms with Gasteiger partial charge in [-0.3, -0.25) is 0 Å². The lowest BCUT2D eigenvalue weighted by atomic mass is 10.0. The quantitative estimate of drug-likeness (QED) is 0.907. The lowest BCUT2D eigenvalue weighted by Crippen LogP contribution is -1.97. The zero-order valence-electron chi connectivity index (χ0n) is 9.77. The first-order valence-electron chi connectivity index (χ1n) is 5.72. The van der Waals surface area contributed by atoms with E-state index in [1.807, 2.05) is 36.4 Å². The van der Waals surface area contributed by atoms with Gasteiger partial charge in [0.15, 0.2) is 0 Å². The molecular weight excluding hydrogens is 248 g/mol. The van der Waals surface area contributed by atoms with Crippen molar-refractivity contribution in [1.82, 2.24) is 0 Å². The van der Waals surface area contributed by atoms with Crippen LogP contribution in [0.25, 0.3) is 0 Å². The molecule has 0 aliphatic heterocycles. The number of carboxylic acids is 1.